The molecular formula is C17H32NO4+. The highest BCUT2D eigenvalue weighted by atomic mass is 16.5. The Hall–Kier alpha value is -1.36. The number of carboxylic acids is 1. The van der Waals surface area contributed by atoms with Gasteiger partial charge in [-0.05, 0) is 12.8 Å². The molecule has 0 saturated heterocycles. The highest BCUT2D eigenvalue weighted by Gasteiger charge is 2.24. The molecule has 0 saturated carbocycles. The molecule has 0 aliphatic carbocycles. The summed E-state index contributed by atoms with van der Waals surface area (Å²) in [5.74, 6) is -1.30. The zero-order valence-corrected chi connectivity index (χ0v) is 14.5. The van der Waals surface area contributed by atoms with Crippen molar-refractivity contribution >= 4 is 11.9 Å². The van der Waals surface area contributed by atoms with Crippen LogP contribution in [0.3, 0.4) is 0 Å². The standard InChI is InChI=1S/C17H31NO4/c1-5-6-7-8-9-10-11-12-17(21)22-15(13-16(19)20)14-18(2,3)4/h10-11,15H,5-9,12-14H2,1-4H3/p+1/b11-10-. The molecule has 0 radical (unpaired) electrons. The predicted molar refractivity (Wildman–Crippen MR) is 87.5 cm³/mol. The molecule has 0 fully saturated rings. The molecule has 0 aliphatic rings. The number of carbonyl (C=O) groups excluding carboxylic acids is 1. The fourth-order valence-electron chi connectivity index (χ4n) is 2.17. The van der Waals surface area contributed by atoms with Crippen LogP contribution in [0.25, 0.3) is 0 Å². The Morgan fingerprint density at radius 3 is 2.36 bits per heavy atom. The van der Waals surface area contributed by atoms with E-state index in [9.17, 15) is 9.59 Å². The monoisotopic (exact) mass is 314 g/mol. The van der Waals surface area contributed by atoms with Crippen LogP contribution in [-0.2, 0) is 14.3 Å². The van der Waals surface area contributed by atoms with E-state index in [2.05, 4.69) is 6.92 Å². The van der Waals surface area contributed by atoms with Crippen LogP contribution in [0.5, 0.6) is 0 Å². The van der Waals surface area contributed by atoms with E-state index in [0.717, 1.165) is 12.8 Å². The van der Waals surface area contributed by atoms with Gasteiger partial charge < -0.3 is 14.3 Å². The molecule has 0 aromatic carbocycles. The summed E-state index contributed by atoms with van der Waals surface area (Å²) in [6.45, 7) is 2.66. The van der Waals surface area contributed by atoms with Crippen molar-refractivity contribution in [1.29, 1.82) is 0 Å². The molecule has 22 heavy (non-hydrogen) atoms. The van der Waals surface area contributed by atoms with Crippen LogP contribution in [-0.4, -0.2) is 55.3 Å². The Morgan fingerprint density at radius 2 is 1.82 bits per heavy atom. The first-order valence-corrected chi connectivity index (χ1v) is 8.11. The largest absolute Gasteiger partial charge is 0.481 e. The average Bonchev–Trinajstić information content (AvgIpc) is 2.34. The maximum absolute atomic E-state index is 11.8. The molecule has 0 bridgehead atoms. The number of hydrogen-bond donors (Lipinski definition) is 1. The van der Waals surface area contributed by atoms with Gasteiger partial charge in [-0.15, -0.1) is 0 Å². The van der Waals surface area contributed by atoms with Crippen LogP contribution in [0.15, 0.2) is 12.2 Å². The number of rotatable bonds is 12. The zero-order valence-electron chi connectivity index (χ0n) is 14.5. The molecule has 0 rings (SSSR count). The smallest absolute Gasteiger partial charge is 0.310 e. The summed E-state index contributed by atoms with van der Waals surface area (Å²) in [6, 6.07) is 0. The van der Waals surface area contributed by atoms with Crippen molar-refractivity contribution in [2.24, 2.45) is 0 Å². The Bertz CT molecular complexity index is 358. The highest BCUT2D eigenvalue weighted by molar-refractivity contribution is 5.72. The van der Waals surface area contributed by atoms with E-state index in [4.69, 9.17) is 9.84 Å². The summed E-state index contributed by atoms with van der Waals surface area (Å²) in [5.41, 5.74) is 0. The van der Waals surface area contributed by atoms with Gasteiger partial charge in [0.2, 0.25) is 0 Å². The Kier molecular flexibility index (Phi) is 10.5. The van der Waals surface area contributed by atoms with Gasteiger partial charge in [0.15, 0.2) is 6.10 Å². The molecule has 5 heteroatoms. The van der Waals surface area contributed by atoms with E-state index in [1.807, 2.05) is 33.3 Å². The molecule has 1 unspecified atom stereocenters. The number of quaternary nitrogens is 1. The zero-order chi connectivity index (χ0) is 17.0. The summed E-state index contributed by atoms with van der Waals surface area (Å²) in [4.78, 5) is 22.6. The summed E-state index contributed by atoms with van der Waals surface area (Å²) >= 11 is 0. The van der Waals surface area contributed by atoms with Crippen LogP contribution < -0.4 is 0 Å². The van der Waals surface area contributed by atoms with Gasteiger partial charge in [0.05, 0.1) is 34.0 Å². The third-order valence-electron chi connectivity index (χ3n) is 3.13. The molecule has 1 N–H and O–H groups in total. The molecule has 0 amide bonds. The van der Waals surface area contributed by atoms with Gasteiger partial charge in [-0.3, -0.25) is 9.59 Å². The van der Waals surface area contributed by atoms with Gasteiger partial charge in [-0.2, -0.15) is 0 Å². The number of carboxylic acid groups (broad SMARTS) is 1. The number of esters is 1. The maximum atomic E-state index is 11.8. The second-order valence-corrected chi connectivity index (χ2v) is 6.71. The average molecular weight is 314 g/mol. The topological polar surface area (TPSA) is 63.6 Å². The third kappa shape index (κ3) is 13.6. The lowest BCUT2D eigenvalue weighted by molar-refractivity contribution is -0.873. The predicted octanol–water partition coefficient (Wildman–Crippen LogP) is 3.00. The molecule has 5 nitrogen and oxygen atoms in total. The number of nitrogens with zero attached hydrogens (tertiary/aromatic N) is 1. The van der Waals surface area contributed by atoms with E-state index < -0.39 is 12.1 Å². The molecular weight excluding hydrogens is 282 g/mol. The van der Waals surface area contributed by atoms with E-state index in [1.54, 1.807) is 0 Å². The summed E-state index contributed by atoms with van der Waals surface area (Å²) in [7, 11) is 5.83. The van der Waals surface area contributed by atoms with E-state index in [-0.39, 0.29) is 18.8 Å². The number of likely N-dealkylation sites (N-methyl/N-ethyl adjacent to an activating group) is 1. The fourth-order valence-corrected chi connectivity index (χ4v) is 2.17. The highest BCUT2D eigenvalue weighted by Crippen LogP contribution is 2.07. The summed E-state index contributed by atoms with van der Waals surface area (Å²) < 4.78 is 5.85. The second kappa shape index (κ2) is 11.2. The number of carbonyl (C=O) groups is 2. The van der Waals surface area contributed by atoms with Crippen LogP contribution in [0, 0.1) is 0 Å². The van der Waals surface area contributed by atoms with Gasteiger partial charge in [0.25, 0.3) is 0 Å². The Labute approximate surface area is 134 Å². The normalized spacial score (nSPS) is 13.3. The van der Waals surface area contributed by atoms with Gasteiger partial charge in [-0.25, -0.2) is 0 Å². The van der Waals surface area contributed by atoms with Gasteiger partial charge in [0, 0.05) is 0 Å². The van der Waals surface area contributed by atoms with Crippen molar-refractivity contribution in [3.05, 3.63) is 12.2 Å². The molecule has 0 heterocycles. The molecule has 128 valence electrons. The number of allylic oxidation sites excluding steroid dienone is 1. The van der Waals surface area contributed by atoms with Crippen molar-refractivity contribution in [2.75, 3.05) is 27.7 Å². The minimum absolute atomic E-state index is 0.151. The molecule has 0 aromatic rings. The van der Waals surface area contributed by atoms with Crippen LogP contribution in [0.4, 0.5) is 0 Å². The first kappa shape index (κ1) is 20.6. The molecule has 0 aromatic heterocycles. The van der Waals surface area contributed by atoms with Crippen LogP contribution in [0.2, 0.25) is 0 Å². The lowest BCUT2D eigenvalue weighted by Gasteiger charge is -2.28. The van der Waals surface area contributed by atoms with Crippen molar-refractivity contribution < 1.29 is 23.9 Å². The lowest BCUT2D eigenvalue weighted by Crippen LogP contribution is -2.43. The number of unbranched alkanes of at least 4 members (excludes halogenated alkanes) is 4. The molecule has 1 atom stereocenters. The van der Waals surface area contributed by atoms with Crippen molar-refractivity contribution in [2.45, 2.75) is 58.0 Å². The van der Waals surface area contributed by atoms with E-state index in [0.29, 0.717) is 11.0 Å². The van der Waals surface area contributed by atoms with Gasteiger partial charge in [0.1, 0.15) is 6.54 Å². The minimum atomic E-state index is -0.947. The molecule has 0 spiro atoms. The molecule has 0 aliphatic heterocycles. The first-order valence-electron chi connectivity index (χ1n) is 8.11. The quantitative estimate of drug-likeness (QED) is 0.260. The summed E-state index contributed by atoms with van der Waals surface area (Å²) in [5, 5.41) is 8.90. The van der Waals surface area contributed by atoms with Gasteiger partial charge >= 0.3 is 11.9 Å². The lowest BCUT2D eigenvalue weighted by atomic mass is 10.1. The van der Waals surface area contributed by atoms with Crippen molar-refractivity contribution in [3.8, 4) is 0 Å². The van der Waals surface area contributed by atoms with Crippen molar-refractivity contribution in [3.63, 3.8) is 0 Å². The van der Waals surface area contributed by atoms with Crippen molar-refractivity contribution in [1.82, 2.24) is 0 Å². The Morgan fingerprint density at radius 1 is 1.14 bits per heavy atom. The first-order chi connectivity index (χ1) is 10.2. The second-order valence-electron chi connectivity index (χ2n) is 6.71. The summed E-state index contributed by atoms with van der Waals surface area (Å²) in [6.07, 6.45) is 9.10. The number of aliphatic carboxylic acids is 1. The number of ether oxygens (including phenoxy) is 1. The number of hydrogen-bond acceptors (Lipinski definition) is 3. The van der Waals surface area contributed by atoms with Gasteiger partial charge in [-0.1, -0.05) is 38.3 Å². The van der Waals surface area contributed by atoms with Crippen LogP contribution >= 0.6 is 0 Å². The fraction of sp³-hybridized carbons (Fsp3) is 0.765. The third-order valence-corrected chi connectivity index (χ3v) is 3.13. The Balaban J connectivity index is 4.11. The van der Waals surface area contributed by atoms with E-state index >= 15 is 0 Å². The minimum Gasteiger partial charge on any atom is -0.481 e. The van der Waals surface area contributed by atoms with Crippen LogP contribution in [0.1, 0.15) is 51.9 Å². The maximum Gasteiger partial charge on any atom is 0.310 e. The van der Waals surface area contributed by atoms with E-state index in [1.165, 1.54) is 19.3 Å². The SMILES string of the molecule is CCCCCC/C=C\CC(=O)OC(CC(=O)O)C[N+](C)(C)C.